The number of halogens is 1. The topological polar surface area (TPSA) is 77.1 Å². The molecule has 0 radical (unpaired) electrons. The third-order valence-corrected chi connectivity index (χ3v) is 4.62. The first-order valence-electron chi connectivity index (χ1n) is 7.40. The van der Waals surface area contributed by atoms with Gasteiger partial charge in [0.2, 0.25) is 5.71 Å². The van der Waals surface area contributed by atoms with E-state index in [9.17, 15) is 9.59 Å². The van der Waals surface area contributed by atoms with E-state index in [1.807, 2.05) is 31.2 Å². The zero-order valence-corrected chi connectivity index (χ0v) is 15.0. The van der Waals surface area contributed by atoms with E-state index in [1.54, 1.807) is 14.0 Å². The Morgan fingerprint density at radius 3 is 2.79 bits per heavy atom. The molecule has 0 aliphatic rings. The number of fused-ring (bicyclic) bond motifs is 1. The number of amides is 1. The first-order chi connectivity index (χ1) is 11.4. The molecule has 0 saturated heterocycles. The molecule has 6 nitrogen and oxygen atoms in total. The molecule has 0 aliphatic carbocycles. The summed E-state index contributed by atoms with van der Waals surface area (Å²) in [5.41, 5.74) is 1.05. The molecular formula is C17H16BrN3O3. The molecule has 3 aromatic rings. The SMILES string of the molecule is Cc1oc2ncn(C)c(=O)c2c1C(=O)NC(C)c1ccccc1Br. The van der Waals surface area contributed by atoms with Gasteiger partial charge in [-0.05, 0) is 25.5 Å². The highest BCUT2D eigenvalue weighted by atomic mass is 79.9. The highest BCUT2D eigenvalue weighted by Gasteiger charge is 2.24. The van der Waals surface area contributed by atoms with Crippen LogP contribution in [0.25, 0.3) is 11.1 Å². The van der Waals surface area contributed by atoms with E-state index in [2.05, 4.69) is 26.2 Å². The quantitative estimate of drug-likeness (QED) is 0.746. The lowest BCUT2D eigenvalue weighted by Crippen LogP contribution is -2.28. The normalized spacial score (nSPS) is 12.3. The van der Waals surface area contributed by atoms with Gasteiger partial charge >= 0.3 is 0 Å². The van der Waals surface area contributed by atoms with Gasteiger partial charge in [-0.3, -0.25) is 9.59 Å². The predicted molar refractivity (Wildman–Crippen MR) is 94.0 cm³/mol. The van der Waals surface area contributed by atoms with Crippen LogP contribution in [-0.4, -0.2) is 15.5 Å². The Balaban J connectivity index is 2.01. The Morgan fingerprint density at radius 2 is 2.08 bits per heavy atom. The summed E-state index contributed by atoms with van der Waals surface area (Å²) in [4.78, 5) is 29.2. The van der Waals surface area contributed by atoms with Crippen molar-refractivity contribution in [2.45, 2.75) is 19.9 Å². The van der Waals surface area contributed by atoms with E-state index in [0.29, 0.717) is 5.76 Å². The molecule has 1 atom stereocenters. The third-order valence-electron chi connectivity index (χ3n) is 3.89. The Bertz CT molecular complexity index is 990. The van der Waals surface area contributed by atoms with Gasteiger partial charge in [0, 0.05) is 11.5 Å². The van der Waals surface area contributed by atoms with Gasteiger partial charge in [-0.1, -0.05) is 34.1 Å². The molecule has 0 spiro atoms. The summed E-state index contributed by atoms with van der Waals surface area (Å²) >= 11 is 3.48. The fourth-order valence-corrected chi connectivity index (χ4v) is 3.26. The van der Waals surface area contributed by atoms with E-state index >= 15 is 0 Å². The number of rotatable bonds is 3. The summed E-state index contributed by atoms with van der Waals surface area (Å²) in [7, 11) is 1.59. The minimum absolute atomic E-state index is 0.175. The molecule has 1 N–H and O–H groups in total. The molecule has 2 aromatic heterocycles. The van der Waals surface area contributed by atoms with E-state index in [1.165, 1.54) is 10.9 Å². The van der Waals surface area contributed by atoms with Gasteiger partial charge in [0.1, 0.15) is 17.5 Å². The number of nitrogens with zero attached hydrogens (tertiary/aromatic N) is 2. The molecule has 0 aliphatic heterocycles. The monoisotopic (exact) mass is 389 g/mol. The molecule has 1 amide bonds. The van der Waals surface area contributed by atoms with Gasteiger partial charge in [-0.25, -0.2) is 4.98 Å². The number of aromatic nitrogens is 2. The van der Waals surface area contributed by atoms with E-state index in [0.717, 1.165) is 10.0 Å². The number of hydrogen-bond donors (Lipinski definition) is 1. The Hall–Kier alpha value is -2.41. The molecule has 2 heterocycles. The second-order valence-electron chi connectivity index (χ2n) is 5.59. The molecule has 0 fully saturated rings. The maximum Gasteiger partial charge on any atom is 0.265 e. The average Bonchev–Trinajstić information content (AvgIpc) is 2.88. The number of carbonyl (C=O) groups is 1. The van der Waals surface area contributed by atoms with Crippen molar-refractivity contribution in [2.75, 3.05) is 0 Å². The maximum absolute atomic E-state index is 12.7. The number of benzene rings is 1. The van der Waals surface area contributed by atoms with Crippen molar-refractivity contribution < 1.29 is 9.21 Å². The van der Waals surface area contributed by atoms with E-state index in [4.69, 9.17) is 4.42 Å². The minimum Gasteiger partial charge on any atom is -0.442 e. The van der Waals surface area contributed by atoms with Crippen LogP contribution in [0.5, 0.6) is 0 Å². The lowest BCUT2D eigenvalue weighted by molar-refractivity contribution is 0.0939. The summed E-state index contributed by atoms with van der Waals surface area (Å²) in [6.07, 6.45) is 1.37. The smallest absolute Gasteiger partial charge is 0.265 e. The van der Waals surface area contributed by atoms with Crippen molar-refractivity contribution in [3.05, 3.63) is 62.3 Å². The lowest BCUT2D eigenvalue weighted by Gasteiger charge is -2.15. The predicted octanol–water partition coefficient (Wildman–Crippen LogP) is 3.09. The zero-order valence-electron chi connectivity index (χ0n) is 13.5. The van der Waals surface area contributed by atoms with Crippen molar-refractivity contribution in [2.24, 2.45) is 7.05 Å². The first kappa shape index (κ1) is 16.4. The van der Waals surface area contributed by atoms with Gasteiger partial charge in [0.25, 0.3) is 11.5 Å². The van der Waals surface area contributed by atoms with Crippen LogP contribution in [0.2, 0.25) is 0 Å². The number of furan rings is 1. The molecule has 0 bridgehead atoms. The molecule has 124 valence electrons. The lowest BCUT2D eigenvalue weighted by atomic mass is 10.1. The van der Waals surface area contributed by atoms with Crippen LogP contribution in [-0.2, 0) is 7.05 Å². The number of nitrogens with one attached hydrogen (secondary N) is 1. The van der Waals surface area contributed by atoms with Crippen LogP contribution in [0, 0.1) is 6.92 Å². The molecule has 1 unspecified atom stereocenters. The van der Waals surface area contributed by atoms with E-state index in [-0.39, 0.29) is 34.2 Å². The van der Waals surface area contributed by atoms with Crippen molar-refractivity contribution in [1.82, 2.24) is 14.9 Å². The number of aryl methyl sites for hydroxylation is 2. The van der Waals surface area contributed by atoms with Gasteiger partial charge < -0.3 is 14.3 Å². The van der Waals surface area contributed by atoms with Gasteiger partial charge in [0.05, 0.1) is 11.6 Å². The van der Waals surface area contributed by atoms with E-state index < -0.39 is 0 Å². The Morgan fingerprint density at radius 1 is 1.38 bits per heavy atom. The van der Waals surface area contributed by atoms with Crippen LogP contribution < -0.4 is 10.9 Å². The largest absolute Gasteiger partial charge is 0.442 e. The Kier molecular flexibility index (Phi) is 4.28. The first-order valence-corrected chi connectivity index (χ1v) is 8.19. The maximum atomic E-state index is 12.7. The number of carbonyl (C=O) groups excluding carboxylic acids is 1. The van der Waals surface area contributed by atoms with Crippen LogP contribution in [0.4, 0.5) is 0 Å². The highest BCUT2D eigenvalue weighted by molar-refractivity contribution is 9.10. The van der Waals surface area contributed by atoms with Crippen molar-refractivity contribution in [1.29, 1.82) is 0 Å². The molecule has 1 aromatic carbocycles. The summed E-state index contributed by atoms with van der Waals surface area (Å²) in [6.45, 7) is 3.53. The highest BCUT2D eigenvalue weighted by Crippen LogP contribution is 2.25. The standard InChI is InChI=1S/C17H16BrN3O3/c1-9(11-6-4-5-7-12(11)18)20-15(22)13-10(2)24-16-14(13)17(23)21(3)8-19-16/h4-9H,1-3H3,(H,20,22). The summed E-state index contributed by atoms with van der Waals surface area (Å²) in [6, 6.07) is 7.41. The third kappa shape index (κ3) is 2.75. The summed E-state index contributed by atoms with van der Waals surface area (Å²) < 4.78 is 7.70. The van der Waals surface area contributed by atoms with Crippen LogP contribution in [0.3, 0.4) is 0 Å². The molecule has 0 saturated carbocycles. The van der Waals surface area contributed by atoms with Crippen LogP contribution >= 0.6 is 15.9 Å². The molecule has 3 rings (SSSR count). The van der Waals surface area contributed by atoms with Gasteiger partial charge in [-0.2, -0.15) is 0 Å². The van der Waals surface area contributed by atoms with Gasteiger partial charge in [-0.15, -0.1) is 0 Å². The van der Waals surface area contributed by atoms with Crippen LogP contribution in [0.1, 0.15) is 34.6 Å². The summed E-state index contributed by atoms with van der Waals surface area (Å²) in [5, 5.41) is 3.12. The molecule has 7 heteroatoms. The zero-order chi connectivity index (χ0) is 17.4. The summed E-state index contributed by atoms with van der Waals surface area (Å²) in [5.74, 6) is 0.0113. The van der Waals surface area contributed by atoms with Crippen LogP contribution in [0.15, 0.2) is 44.3 Å². The molecule has 24 heavy (non-hydrogen) atoms. The minimum atomic E-state index is -0.361. The Labute approximate surface area is 146 Å². The van der Waals surface area contributed by atoms with Crippen molar-refractivity contribution in [3.63, 3.8) is 0 Å². The fourth-order valence-electron chi connectivity index (χ4n) is 2.63. The van der Waals surface area contributed by atoms with Crippen molar-refractivity contribution in [3.8, 4) is 0 Å². The number of hydrogen-bond acceptors (Lipinski definition) is 4. The average molecular weight is 390 g/mol. The molecular weight excluding hydrogens is 374 g/mol. The van der Waals surface area contributed by atoms with Crippen molar-refractivity contribution >= 4 is 32.9 Å². The second-order valence-corrected chi connectivity index (χ2v) is 6.45. The fraction of sp³-hybridized carbons (Fsp3) is 0.235. The van der Waals surface area contributed by atoms with Gasteiger partial charge in [0.15, 0.2) is 0 Å². The second kappa shape index (κ2) is 6.24.